The van der Waals surface area contributed by atoms with Crippen molar-refractivity contribution in [3.8, 4) is 11.5 Å². The summed E-state index contributed by atoms with van der Waals surface area (Å²) in [5.41, 5.74) is 1.98. The highest BCUT2D eigenvalue weighted by Gasteiger charge is 2.50. The Bertz CT molecular complexity index is 1040. The number of esters is 1. The van der Waals surface area contributed by atoms with Crippen molar-refractivity contribution in [1.29, 1.82) is 0 Å². The first-order chi connectivity index (χ1) is 17.2. The molecule has 0 radical (unpaired) electrons. The van der Waals surface area contributed by atoms with Crippen molar-refractivity contribution in [2.45, 2.75) is 69.3 Å². The average molecular weight is 557 g/mol. The lowest BCUT2D eigenvalue weighted by molar-refractivity contribution is -0.946. The highest BCUT2D eigenvalue weighted by Crippen LogP contribution is 2.42. The van der Waals surface area contributed by atoms with Crippen molar-refractivity contribution in [2.75, 3.05) is 33.0 Å². The maximum absolute atomic E-state index is 14.0. The normalized spacial score (nSPS) is 28.1. The summed E-state index contributed by atoms with van der Waals surface area (Å²) in [7, 11) is 0. The molecule has 0 amide bonds. The quantitative estimate of drug-likeness (QED) is 0.312. The SMILES string of the molecule is O=C(O[C@H]1C[N+]2(CCc3ccc4c(c3)OCO4)CCC1CC2)C1(c2ccccc2)CCCCCC1.[Br-]. The van der Waals surface area contributed by atoms with Gasteiger partial charge >= 0.3 is 5.97 Å². The van der Waals surface area contributed by atoms with Crippen molar-refractivity contribution in [2.24, 2.45) is 5.92 Å². The molecular weight excluding hydrogens is 518 g/mol. The lowest BCUT2D eigenvalue weighted by Crippen LogP contribution is -3.00. The molecule has 4 heterocycles. The van der Waals surface area contributed by atoms with Crippen molar-refractivity contribution < 1.29 is 40.5 Å². The van der Waals surface area contributed by atoms with E-state index in [1.165, 1.54) is 31.5 Å². The van der Waals surface area contributed by atoms with Gasteiger partial charge in [0.2, 0.25) is 6.79 Å². The Morgan fingerprint density at radius 3 is 2.42 bits per heavy atom. The molecule has 0 spiro atoms. The molecule has 1 saturated carbocycles. The van der Waals surface area contributed by atoms with Crippen LogP contribution in [0.1, 0.15) is 62.5 Å². The summed E-state index contributed by atoms with van der Waals surface area (Å²) >= 11 is 0. The minimum absolute atomic E-state index is 0. The van der Waals surface area contributed by atoms with E-state index in [-0.39, 0.29) is 29.1 Å². The third-order valence-corrected chi connectivity index (χ3v) is 9.29. The Balaban J connectivity index is 0.00000267. The number of rotatable bonds is 6. The van der Waals surface area contributed by atoms with Gasteiger partial charge in [-0.15, -0.1) is 0 Å². The molecule has 2 aromatic rings. The first-order valence-corrected chi connectivity index (χ1v) is 13.7. The second-order valence-corrected chi connectivity index (χ2v) is 11.3. The van der Waals surface area contributed by atoms with Gasteiger partial charge in [0.1, 0.15) is 6.54 Å². The number of carbonyl (C=O) groups is 1. The van der Waals surface area contributed by atoms with Gasteiger partial charge in [-0.05, 0) is 36.1 Å². The molecule has 5 aliphatic rings. The lowest BCUT2D eigenvalue weighted by atomic mass is 9.74. The molecular formula is C30H38BrNO4. The molecule has 1 atom stereocenters. The molecule has 6 heteroatoms. The number of piperidine rings is 3. The van der Waals surface area contributed by atoms with Crippen molar-refractivity contribution in [3.05, 3.63) is 59.7 Å². The first-order valence-electron chi connectivity index (χ1n) is 13.7. The summed E-state index contributed by atoms with van der Waals surface area (Å²) in [6.07, 6.45) is 9.85. The predicted molar refractivity (Wildman–Crippen MR) is 134 cm³/mol. The number of carbonyl (C=O) groups excluding carboxylic acids is 1. The zero-order valence-electron chi connectivity index (χ0n) is 21.1. The highest BCUT2D eigenvalue weighted by atomic mass is 79.9. The Labute approximate surface area is 225 Å². The summed E-state index contributed by atoms with van der Waals surface area (Å²) < 4.78 is 18.6. The van der Waals surface area contributed by atoms with Crippen LogP contribution >= 0.6 is 0 Å². The second-order valence-electron chi connectivity index (χ2n) is 11.3. The van der Waals surface area contributed by atoms with E-state index in [2.05, 4.69) is 36.4 Å². The van der Waals surface area contributed by atoms with Gasteiger partial charge in [-0.25, -0.2) is 0 Å². The summed E-state index contributed by atoms with van der Waals surface area (Å²) in [6.45, 7) is 4.77. The minimum Gasteiger partial charge on any atom is -1.00 e. The maximum atomic E-state index is 14.0. The van der Waals surface area contributed by atoms with E-state index in [4.69, 9.17) is 14.2 Å². The van der Waals surface area contributed by atoms with E-state index in [1.807, 2.05) is 12.1 Å². The standard InChI is InChI=1S/C30H38NO4.BrH/c32-29(30(15-6-1-2-7-16-30)25-8-4-3-5-9-25)35-28-21-31(18-13-24(28)14-19-31)17-12-23-10-11-26-27(20-23)34-22-33-26;/h3-5,8-11,20,24,28H,1-2,6-7,12-19,21-22H2;1H/q+1;/p-1/t24?,28-,31?;/m0./s1. The highest BCUT2D eigenvalue weighted by molar-refractivity contribution is 5.83. The zero-order chi connectivity index (χ0) is 23.7. The van der Waals surface area contributed by atoms with Crippen LogP contribution in [0.15, 0.2) is 48.5 Å². The Kier molecular flexibility index (Phi) is 7.64. The summed E-state index contributed by atoms with van der Waals surface area (Å²) in [5, 5.41) is 0. The molecule has 7 rings (SSSR count). The van der Waals surface area contributed by atoms with E-state index in [1.54, 1.807) is 0 Å². The number of halogens is 1. The molecule has 0 unspecified atom stereocenters. The van der Waals surface area contributed by atoms with Crippen molar-refractivity contribution in [1.82, 2.24) is 0 Å². The summed E-state index contributed by atoms with van der Waals surface area (Å²) in [5.74, 6) is 2.26. The minimum atomic E-state index is -0.471. The summed E-state index contributed by atoms with van der Waals surface area (Å²) in [4.78, 5) is 14.0. The molecule has 0 N–H and O–H groups in total. The van der Waals surface area contributed by atoms with E-state index in [9.17, 15) is 4.79 Å². The van der Waals surface area contributed by atoms with Crippen LogP contribution in [0.3, 0.4) is 0 Å². The molecule has 2 aromatic carbocycles. The Morgan fingerprint density at radius 1 is 0.944 bits per heavy atom. The van der Waals surface area contributed by atoms with Crippen LogP contribution < -0.4 is 26.5 Å². The third-order valence-electron chi connectivity index (χ3n) is 9.29. The second kappa shape index (κ2) is 10.7. The molecule has 5 nitrogen and oxygen atoms in total. The number of fused-ring (bicyclic) bond motifs is 4. The molecule has 194 valence electrons. The van der Waals surface area contributed by atoms with Gasteiger partial charge in [0.05, 0.1) is 25.0 Å². The smallest absolute Gasteiger partial charge is 0.317 e. The van der Waals surface area contributed by atoms with Crippen LogP contribution in [0.25, 0.3) is 0 Å². The van der Waals surface area contributed by atoms with Gasteiger partial charge in [0, 0.05) is 25.2 Å². The van der Waals surface area contributed by atoms with Crippen LogP contribution in [0.4, 0.5) is 0 Å². The van der Waals surface area contributed by atoms with Gasteiger partial charge < -0.3 is 35.7 Å². The van der Waals surface area contributed by atoms with E-state index in [0.29, 0.717) is 12.7 Å². The molecule has 4 aliphatic heterocycles. The fourth-order valence-corrected chi connectivity index (χ4v) is 7.08. The van der Waals surface area contributed by atoms with Crippen LogP contribution in [-0.2, 0) is 21.4 Å². The number of hydrogen-bond donors (Lipinski definition) is 0. The number of ether oxygens (including phenoxy) is 3. The van der Waals surface area contributed by atoms with Crippen molar-refractivity contribution in [3.63, 3.8) is 0 Å². The van der Waals surface area contributed by atoms with Gasteiger partial charge in [-0.3, -0.25) is 4.79 Å². The van der Waals surface area contributed by atoms with Crippen molar-refractivity contribution >= 4 is 5.97 Å². The number of quaternary nitrogens is 1. The first kappa shape index (κ1) is 25.6. The van der Waals surface area contributed by atoms with E-state index < -0.39 is 5.41 Å². The van der Waals surface area contributed by atoms with E-state index in [0.717, 1.165) is 79.6 Å². The third kappa shape index (κ3) is 4.91. The van der Waals surface area contributed by atoms with Crippen LogP contribution in [0.2, 0.25) is 0 Å². The van der Waals surface area contributed by atoms with Crippen LogP contribution in [-0.4, -0.2) is 49.5 Å². The van der Waals surface area contributed by atoms with Gasteiger partial charge in [-0.2, -0.15) is 0 Å². The largest absolute Gasteiger partial charge is 1.00 e. The average Bonchev–Trinajstić information content (AvgIpc) is 3.23. The maximum Gasteiger partial charge on any atom is 0.317 e. The molecule has 1 aliphatic carbocycles. The monoisotopic (exact) mass is 555 g/mol. The topological polar surface area (TPSA) is 44.8 Å². The molecule has 3 saturated heterocycles. The van der Waals surface area contributed by atoms with Gasteiger partial charge in [0.25, 0.3) is 0 Å². The fraction of sp³-hybridized carbons (Fsp3) is 0.567. The number of hydrogen-bond acceptors (Lipinski definition) is 4. The fourth-order valence-electron chi connectivity index (χ4n) is 7.08. The van der Waals surface area contributed by atoms with Gasteiger partial charge in [0.15, 0.2) is 17.6 Å². The van der Waals surface area contributed by atoms with Crippen LogP contribution in [0, 0.1) is 5.92 Å². The molecule has 0 aromatic heterocycles. The lowest BCUT2D eigenvalue weighted by Gasteiger charge is -2.52. The Hall–Kier alpha value is -2.05. The Morgan fingerprint density at radius 2 is 1.67 bits per heavy atom. The van der Waals surface area contributed by atoms with Crippen LogP contribution in [0.5, 0.6) is 11.5 Å². The van der Waals surface area contributed by atoms with E-state index >= 15 is 0 Å². The van der Waals surface area contributed by atoms with Gasteiger partial charge in [-0.1, -0.05) is 62.1 Å². The molecule has 36 heavy (non-hydrogen) atoms. The molecule has 2 bridgehead atoms. The summed E-state index contributed by atoms with van der Waals surface area (Å²) in [6, 6.07) is 16.8. The predicted octanol–water partition coefficient (Wildman–Crippen LogP) is 2.41. The number of benzene rings is 2. The zero-order valence-corrected chi connectivity index (χ0v) is 22.7. The molecule has 4 fully saturated rings. The number of nitrogens with zero attached hydrogens (tertiary/aromatic N) is 1.